The third kappa shape index (κ3) is 5.39. The molecule has 15 heteroatoms. The number of imidazole rings is 1. The maximum atomic E-state index is 14.0. The Morgan fingerprint density at radius 3 is 2.45 bits per heavy atom. The van der Waals surface area contributed by atoms with Crippen LogP contribution in [0.3, 0.4) is 0 Å². The van der Waals surface area contributed by atoms with E-state index in [0.29, 0.717) is 37.2 Å². The van der Waals surface area contributed by atoms with Crippen molar-refractivity contribution in [2.75, 3.05) is 38.5 Å². The molecule has 3 heterocycles. The molecule has 0 saturated carbocycles. The molecule has 4 N–H and O–H groups in total. The topological polar surface area (TPSA) is 164 Å². The van der Waals surface area contributed by atoms with Crippen molar-refractivity contribution >= 4 is 39.1 Å². The predicted molar refractivity (Wildman–Crippen MR) is 133 cm³/mol. The highest BCUT2D eigenvalue weighted by atomic mass is 32.2. The summed E-state index contributed by atoms with van der Waals surface area (Å²) in [7, 11) is -1.73. The van der Waals surface area contributed by atoms with Crippen LogP contribution in [0.1, 0.15) is 10.4 Å². The summed E-state index contributed by atoms with van der Waals surface area (Å²) in [6, 6.07) is 7.72. The molecule has 5 rings (SSSR count). The lowest BCUT2D eigenvalue weighted by molar-refractivity contribution is -0.122. The number of piperazine rings is 1. The number of fused-ring (bicyclic) bond motifs is 1. The number of nitrogens with one attached hydrogen (secondary N) is 3. The number of anilines is 1. The lowest BCUT2D eigenvalue weighted by Gasteiger charge is -2.31. The third-order valence-electron chi connectivity index (χ3n) is 5.87. The molecule has 2 aromatic carbocycles. The van der Waals surface area contributed by atoms with Crippen LogP contribution < -0.4 is 5.32 Å². The molecule has 1 aliphatic rings. The van der Waals surface area contributed by atoms with Crippen molar-refractivity contribution in [3.63, 3.8) is 0 Å². The molecular formula is C23H23F2N7O5S. The number of benzene rings is 2. The average Bonchev–Trinajstić information content (AvgIpc) is 3.50. The summed E-state index contributed by atoms with van der Waals surface area (Å²) in [5.41, 5.74) is 0.631. The van der Waals surface area contributed by atoms with Gasteiger partial charge in [-0.3, -0.25) is 14.7 Å². The lowest BCUT2D eigenvalue weighted by Crippen LogP contribution is -2.46. The zero-order chi connectivity index (χ0) is 27.4. The maximum absolute atomic E-state index is 14.0. The van der Waals surface area contributed by atoms with Gasteiger partial charge in [0.25, 0.3) is 12.4 Å². The fourth-order valence-corrected chi connectivity index (χ4v) is 5.36. The Labute approximate surface area is 215 Å². The van der Waals surface area contributed by atoms with Crippen LogP contribution in [0.15, 0.2) is 47.5 Å². The van der Waals surface area contributed by atoms with Crippen molar-refractivity contribution < 1.29 is 31.9 Å². The Kier molecular flexibility index (Phi) is 7.80. The van der Waals surface area contributed by atoms with E-state index in [1.54, 1.807) is 6.07 Å². The second-order valence-corrected chi connectivity index (χ2v) is 10.2. The van der Waals surface area contributed by atoms with Gasteiger partial charge < -0.3 is 20.3 Å². The van der Waals surface area contributed by atoms with Gasteiger partial charge in [0.05, 0.1) is 27.8 Å². The van der Waals surface area contributed by atoms with Gasteiger partial charge in [-0.15, -0.1) is 0 Å². The Morgan fingerprint density at radius 2 is 1.79 bits per heavy atom. The van der Waals surface area contributed by atoms with E-state index >= 15 is 0 Å². The van der Waals surface area contributed by atoms with Crippen LogP contribution in [0.2, 0.25) is 0 Å². The number of carboxylic acid groups (broad SMARTS) is 1. The van der Waals surface area contributed by atoms with Gasteiger partial charge >= 0.3 is 0 Å². The molecule has 0 radical (unpaired) electrons. The zero-order valence-electron chi connectivity index (χ0n) is 20.0. The monoisotopic (exact) mass is 547 g/mol. The van der Waals surface area contributed by atoms with Crippen molar-refractivity contribution in [1.29, 1.82) is 0 Å². The summed E-state index contributed by atoms with van der Waals surface area (Å²) in [4.78, 5) is 30.5. The molecule has 4 aromatic rings. The smallest absolute Gasteiger partial charge is 0.290 e. The third-order valence-corrected chi connectivity index (χ3v) is 7.76. The summed E-state index contributed by atoms with van der Waals surface area (Å²) in [6.45, 7) is 1.87. The Balaban J connectivity index is 0.00000107. The summed E-state index contributed by atoms with van der Waals surface area (Å²) in [6.07, 6.45) is 1.28. The molecule has 1 amide bonds. The van der Waals surface area contributed by atoms with Crippen LogP contribution in [-0.2, 0) is 14.8 Å². The number of aromatic amines is 2. The Hall–Kier alpha value is -4.21. The van der Waals surface area contributed by atoms with Crippen LogP contribution in [0, 0.1) is 11.6 Å². The fourth-order valence-electron chi connectivity index (χ4n) is 3.91. The first-order valence-electron chi connectivity index (χ1n) is 11.2. The van der Waals surface area contributed by atoms with E-state index in [1.165, 1.54) is 22.6 Å². The highest BCUT2D eigenvalue weighted by Crippen LogP contribution is 2.28. The van der Waals surface area contributed by atoms with Crippen LogP contribution in [0.5, 0.6) is 0 Å². The zero-order valence-corrected chi connectivity index (χ0v) is 20.8. The molecule has 200 valence electrons. The molecule has 1 aliphatic heterocycles. The molecule has 2 aromatic heterocycles. The largest absolute Gasteiger partial charge is 0.483 e. The van der Waals surface area contributed by atoms with Crippen LogP contribution >= 0.6 is 0 Å². The normalized spacial score (nSPS) is 14.6. The number of hydrogen-bond acceptors (Lipinski definition) is 7. The van der Waals surface area contributed by atoms with E-state index in [-0.39, 0.29) is 28.6 Å². The van der Waals surface area contributed by atoms with Gasteiger partial charge in [-0.2, -0.15) is 9.40 Å². The van der Waals surface area contributed by atoms with Crippen molar-refractivity contribution in [2.45, 2.75) is 4.90 Å². The van der Waals surface area contributed by atoms with E-state index in [2.05, 4.69) is 30.4 Å². The van der Waals surface area contributed by atoms with E-state index in [1.807, 2.05) is 7.05 Å². The standard InChI is InChI=1S/C22H21F2N7O3S.CH2O2/c1-30-7-9-31(10-8-30)35(33,34)13-5-6-16-17(11-13)27-21(26-16)20-18(12-25-29-20)28-22(32)19-14(23)3-2-4-15(19)24;2-1-3/h2-6,11-12H,7-10H2,1H3,(H,25,29)(H,26,27)(H,28,32);1H,(H,2,3). The van der Waals surface area contributed by atoms with Gasteiger partial charge in [0.2, 0.25) is 10.0 Å². The molecule has 12 nitrogen and oxygen atoms in total. The van der Waals surface area contributed by atoms with E-state index < -0.39 is 33.1 Å². The molecule has 0 aliphatic carbocycles. The summed E-state index contributed by atoms with van der Waals surface area (Å²) < 4.78 is 55.6. The number of hydrogen-bond donors (Lipinski definition) is 4. The number of likely N-dealkylation sites (N-methyl/N-ethyl adjacent to an activating group) is 1. The number of aromatic nitrogens is 4. The summed E-state index contributed by atoms with van der Waals surface area (Å²) >= 11 is 0. The molecule has 0 bridgehead atoms. The van der Waals surface area contributed by atoms with Gasteiger partial charge in [0.1, 0.15) is 22.9 Å². The molecule has 1 saturated heterocycles. The number of nitrogens with zero attached hydrogens (tertiary/aromatic N) is 4. The number of carbonyl (C=O) groups is 2. The van der Waals surface area contributed by atoms with Crippen molar-refractivity contribution in [2.24, 2.45) is 0 Å². The highest BCUT2D eigenvalue weighted by molar-refractivity contribution is 7.89. The van der Waals surface area contributed by atoms with Crippen molar-refractivity contribution in [3.05, 3.63) is 59.8 Å². The van der Waals surface area contributed by atoms with Crippen LogP contribution in [-0.4, -0.2) is 88.5 Å². The fraction of sp³-hybridized carbons (Fsp3) is 0.217. The second-order valence-electron chi connectivity index (χ2n) is 8.29. The number of carbonyl (C=O) groups excluding carboxylic acids is 1. The molecule has 38 heavy (non-hydrogen) atoms. The van der Waals surface area contributed by atoms with Gasteiger partial charge in [0, 0.05) is 26.2 Å². The van der Waals surface area contributed by atoms with E-state index in [4.69, 9.17) is 9.90 Å². The molecule has 0 atom stereocenters. The van der Waals surface area contributed by atoms with Crippen molar-refractivity contribution in [1.82, 2.24) is 29.4 Å². The summed E-state index contributed by atoms with van der Waals surface area (Å²) in [5.74, 6) is -2.72. The average molecular weight is 548 g/mol. The first kappa shape index (κ1) is 26.8. The number of halogens is 2. The Morgan fingerprint density at radius 1 is 1.13 bits per heavy atom. The first-order chi connectivity index (χ1) is 18.1. The minimum Gasteiger partial charge on any atom is -0.483 e. The molecule has 1 fully saturated rings. The highest BCUT2D eigenvalue weighted by Gasteiger charge is 2.28. The molecule has 0 spiro atoms. The molecular weight excluding hydrogens is 524 g/mol. The maximum Gasteiger partial charge on any atom is 0.290 e. The quantitative estimate of drug-likeness (QED) is 0.276. The molecule has 0 unspecified atom stereocenters. The predicted octanol–water partition coefficient (Wildman–Crippen LogP) is 2.12. The summed E-state index contributed by atoms with van der Waals surface area (Å²) in [5, 5.41) is 15.9. The Bertz CT molecular complexity index is 1560. The van der Waals surface area contributed by atoms with Crippen LogP contribution in [0.4, 0.5) is 14.5 Å². The minimum absolute atomic E-state index is 0.137. The van der Waals surface area contributed by atoms with Gasteiger partial charge in [-0.05, 0) is 37.4 Å². The van der Waals surface area contributed by atoms with E-state index in [0.717, 1.165) is 18.2 Å². The lowest BCUT2D eigenvalue weighted by atomic mass is 10.2. The number of rotatable bonds is 5. The van der Waals surface area contributed by atoms with Gasteiger partial charge in [0.15, 0.2) is 5.82 Å². The second kappa shape index (κ2) is 11.0. The first-order valence-corrected chi connectivity index (χ1v) is 12.6. The van der Waals surface area contributed by atoms with Crippen molar-refractivity contribution in [3.8, 4) is 11.5 Å². The van der Waals surface area contributed by atoms with Gasteiger partial charge in [-0.1, -0.05) is 6.07 Å². The number of amides is 1. The number of sulfonamides is 1. The minimum atomic E-state index is -3.67. The van der Waals surface area contributed by atoms with Crippen LogP contribution in [0.25, 0.3) is 22.6 Å². The SMILES string of the molecule is CN1CCN(S(=O)(=O)c2ccc3nc(-c4[nH]ncc4NC(=O)c4c(F)cccc4F)[nH]c3c2)CC1.O=CO. The van der Waals surface area contributed by atoms with E-state index in [9.17, 15) is 22.0 Å². The number of H-pyrrole nitrogens is 2. The van der Waals surface area contributed by atoms with Gasteiger partial charge in [-0.25, -0.2) is 22.2 Å².